The summed E-state index contributed by atoms with van der Waals surface area (Å²) in [5.74, 6) is -0.605. The number of sulfone groups is 1. The van der Waals surface area contributed by atoms with Crippen molar-refractivity contribution >= 4 is 36.7 Å². The fourth-order valence-corrected chi connectivity index (χ4v) is 4.06. The molecule has 0 atom stereocenters. The number of fused-ring (bicyclic) bond motifs is 1. The SMILES string of the molecule is O=c1oc2ccccc2c(O)c1S(=O)(=O)c1cccc(Br)c1. The van der Waals surface area contributed by atoms with E-state index in [2.05, 4.69) is 15.9 Å². The number of benzene rings is 2. The summed E-state index contributed by atoms with van der Waals surface area (Å²) in [6.45, 7) is 0. The molecule has 0 spiro atoms. The highest BCUT2D eigenvalue weighted by molar-refractivity contribution is 9.10. The Labute approximate surface area is 133 Å². The van der Waals surface area contributed by atoms with Crippen LogP contribution >= 0.6 is 15.9 Å². The molecule has 0 aliphatic heterocycles. The molecule has 0 bridgehead atoms. The van der Waals surface area contributed by atoms with E-state index in [-0.39, 0.29) is 15.9 Å². The highest BCUT2D eigenvalue weighted by atomic mass is 79.9. The van der Waals surface area contributed by atoms with Gasteiger partial charge in [-0.25, -0.2) is 13.2 Å². The lowest BCUT2D eigenvalue weighted by Crippen LogP contribution is -2.15. The summed E-state index contributed by atoms with van der Waals surface area (Å²) in [7, 11) is -4.20. The van der Waals surface area contributed by atoms with E-state index in [0.29, 0.717) is 4.47 Å². The molecule has 0 amide bonds. The van der Waals surface area contributed by atoms with Crippen LogP contribution in [-0.2, 0) is 9.84 Å². The Morgan fingerprint density at radius 1 is 1.05 bits per heavy atom. The van der Waals surface area contributed by atoms with Crippen molar-refractivity contribution in [3.63, 3.8) is 0 Å². The maximum Gasteiger partial charge on any atom is 0.359 e. The molecule has 1 heterocycles. The van der Waals surface area contributed by atoms with Crippen LogP contribution in [0.3, 0.4) is 0 Å². The van der Waals surface area contributed by atoms with E-state index >= 15 is 0 Å². The van der Waals surface area contributed by atoms with Gasteiger partial charge in [-0.05, 0) is 30.3 Å². The molecule has 3 aromatic rings. The van der Waals surface area contributed by atoms with Crippen molar-refractivity contribution < 1.29 is 17.9 Å². The minimum atomic E-state index is -4.20. The number of halogens is 1. The van der Waals surface area contributed by atoms with E-state index in [1.165, 1.54) is 30.3 Å². The van der Waals surface area contributed by atoms with Gasteiger partial charge in [0.2, 0.25) is 9.84 Å². The van der Waals surface area contributed by atoms with E-state index in [1.807, 2.05) is 0 Å². The Bertz CT molecular complexity index is 1040. The first-order valence-corrected chi connectivity index (χ1v) is 8.44. The van der Waals surface area contributed by atoms with Crippen molar-refractivity contribution in [3.05, 3.63) is 63.4 Å². The van der Waals surface area contributed by atoms with Crippen LogP contribution in [0.1, 0.15) is 0 Å². The van der Waals surface area contributed by atoms with Gasteiger partial charge in [0.1, 0.15) is 5.58 Å². The summed E-state index contributed by atoms with van der Waals surface area (Å²) in [6.07, 6.45) is 0. The molecular formula is C15H9BrO5S. The van der Waals surface area contributed by atoms with E-state index < -0.39 is 26.1 Å². The molecule has 1 aromatic heterocycles. The quantitative estimate of drug-likeness (QED) is 0.690. The molecule has 0 aliphatic rings. The predicted octanol–water partition coefficient (Wildman–Crippen LogP) is 3.09. The van der Waals surface area contributed by atoms with Gasteiger partial charge in [-0.3, -0.25) is 0 Å². The predicted molar refractivity (Wildman–Crippen MR) is 83.7 cm³/mol. The van der Waals surface area contributed by atoms with Crippen molar-refractivity contribution in [1.82, 2.24) is 0 Å². The zero-order valence-electron chi connectivity index (χ0n) is 11.0. The standard InChI is InChI=1S/C15H9BrO5S/c16-9-4-3-5-10(8-9)22(19,20)14-13(17)11-6-1-2-7-12(11)21-15(14)18/h1-8,17H. The maximum absolute atomic E-state index is 12.6. The molecule has 0 radical (unpaired) electrons. The van der Waals surface area contributed by atoms with Gasteiger partial charge in [-0.2, -0.15) is 0 Å². The van der Waals surface area contributed by atoms with Gasteiger partial charge >= 0.3 is 5.63 Å². The van der Waals surface area contributed by atoms with E-state index in [0.717, 1.165) is 0 Å². The normalized spacial score (nSPS) is 11.7. The smallest absolute Gasteiger partial charge is 0.359 e. The Morgan fingerprint density at radius 2 is 1.77 bits per heavy atom. The highest BCUT2D eigenvalue weighted by Gasteiger charge is 2.28. The van der Waals surface area contributed by atoms with Gasteiger partial charge in [0.25, 0.3) is 0 Å². The molecule has 0 aliphatic carbocycles. The first-order valence-electron chi connectivity index (χ1n) is 6.17. The fraction of sp³-hybridized carbons (Fsp3) is 0. The first-order chi connectivity index (χ1) is 10.4. The molecule has 3 rings (SSSR count). The number of aromatic hydroxyl groups is 1. The maximum atomic E-state index is 12.6. The van der Waals surface area contributed by atoms with Crippen LogP contribution in [0.2, 0.25) is 0 Å². The van der Waals surface area contributed by atoms with Crippen molar-refractivity contribution in [2.24, 2.45) is 0 Å². The van der Waals surface area contributed by atoms with Gasteiger partial charge in [-0.1, -0.05) is 34.1 Å². The Kier molecular flexibility index (Phi) is 3.54. The van der Waals surface area contributed by atoms with Crippen LogP contribution in [0.25, 0.3) is 11.0 Å². The third-order valence-electron chi connectivity index (χ3n) is 3.12. The number of para-hydroxylation sites is 1. The number of rotatable bonds is 2. The summed E-state index contributed by atoms with van der Waals surface area (Å²) < 4.78 is 30.8. The highest BCUT2D eigenvalue weighted by Crippen LogP contribution is 2.32. The minimum absolute atomic E-state index is 0.111. The molecule has 112 valence electrons. The Morgan fingerprint density at radius 3 is 2.50 bits per heavy atom. The zero-order chi connectivity index (χ0) is 15.9. The third-order valence-corrected chi connectivity index (χ3v) is 5.39. The lowest BCUT2D eigenvalue weighted by molar-refractivity contribution is 0.442. The summed E-state index contributed by atoms with van der Waals surface area (Å²) in [6, 6.07) is 12.1. The topological polar surface area (TPSA) is 84.6 Å². The fourth-order valence-electron chi connectivity index (χ4n) is 2.11. The van der Waals surface area contributed by atoms with Gasteiger partial charge in [0, 0.05) is 4.47 Å². The van der Waals surface area contributed by atoms with Crippen LogP contribution in [0.5, 0.6) is 5.75 Å². The van der Waals surface area contributed by atoms with E-state index in [1.54, 1.807) is 18.2 Å². The van der Waals surface area contributed by atoms with Crippen LogP contribution in [-0.4, -0.2) is 13.5 Å². The van der Waals surface area contributed by atoms with Crippen molar-refractivity contribution in [3.8, 4) is 5.75 Å². The van der Waals surface area contributed by atoms with E-state index in [4.69, 9.17) is 4.42 Å². The van der Waals surface area contributed by atoms with Gasteiger partial charge in [0.15, 0.2) is 10.6 Å². The molecule has 0 saturated heterocycles. The summed E-state index contributed by atoms with van der Waals surface area (Å²) in [5.41, 5.74) is -0.977. The summed E-state index contributed by atoms with van der Waals surface area (Å²) in [5, 5.41) is 10.4. The molecule has 1 N–H and O–H groups in total. The molecule has 2 aromatic carbocycles. The van der Waals surface area contributed by atoms with Crippen LogP contribution in [0.15, 0.2) is 72.0 Å². The number of hydrogen-bond donors (Lipinski definition) is 1. The Balaban J connectivity index is 2.37. The zero-order valence-corrected chi connectivity index (χ0v) is 13.4. The van der Waals surface area contributed by atoms with Crippen molar-refractivity contribution in [2.45, 2.75) is 9.79 Å². The molecule has 0 fully saturated rings. The summed E-state index contributed by atoms with van der Waals surface area (Å²) >= 11 is 3.18. The molecule has 0 unspecified atom stereocenters. The van der Waals surface area contributed by atoms with Crippen LogP contribution in [0.4, 0.5) is 0 Å². The second-order valence-corrected chi connectivity index (χ2v) is 7.33. The van der Waals surface area contributed by atoms with E-state index in [9.17, 15) is 18.3 Å². The Hall–Kier alpha value is -2.12. The largest absolute Gasteiger partial charge is 0.506 e. The molecule has 0 saturated carbocycles. The van der Waals surface area contributed by atoms with Gasteiger partial charge in [0.05, 0.1) is 10.3 Å². The lowest BCUT2D eigenvalue weighted by Gasteiger charge is -2.07. The molecular weight excluding hydrogens is 372 g/mol. The lowest BCUT2D eigenvalue weighted by atomic mass is 10.2. The van der Waals surface area contributed by atoms with Crippen LogP contribution < -0.4 is 5.63 Å². The monoisotopic (exact) mass is 380 g/mol. The third kappa shape index (κ3) is 2.32. The van der Waals surface area contributed by atoms with Crippen molar-refractivity contribution in [1.29, 1.82) is 0 Å². The average Bonchev–Trinajstić information content (AvgIpc) is 2.47. The van der Waals surface area contributed by atoms with Gasteiger partial charge < -0.3 is 9.52 Å². The van der Waals surface area contributed by atoms with Gasteiger partial charge in [-0.15, -0.1) is 0 Å². The summed E-state index contributed by atoms with van der Waals surface area (Å²) in [4.78, 5) is 11.2. The minimum Gasteiger partial charge on any atom is -0.506 e. The van der Waals surface area contributed by atoms with Crippen LogP contribution in [0, 0.1) is 0 Å². The second kappa shape index (κ2) is 5.26. The molecule has 5 nitrogen and oxygen atoms in total. The number of hydrogen-bond acceptors (Lipinski definition) is 5. The first kappa shape index (κ1) is 14.8. The second-order valence-electron chi connectivity index (χ2n) is 4.52. The van der Waals surface area contributed by atoms with Crippen molar-refractivity contribution in [2.75, 3.05) is 0 Å². The molecule has 7 heteroatoms. The average molecular weight is 381 g/mol. The molecule has 22 heavy (non-hydrogen) atoms.